The molecule has 25 heavy (non-hydrogen) atoms. The highest BCUT2D eigenvalue weighted by molar-refractivity contribution is 5.96. The Hall–Kier alpha value is -2.51. The molecule has 0 aromatic carbocycles. The van der Waals surface area contributed by atoms with E-state index in [-0.39, 0.29) is 17.9 Å². The average molecular weight is 348 g/mol. The summed E-state index contributed by atoms with van der Waals surface area (Å²) in [6.07, 6.45) is 3.46. The molecule has 3 N–H and O–H groups in total. The van der Waals surface area contributed by atoms with Gasteiger partial charge in [0.25, 0.3) is 5.91 Å². The molecule has 1 aromatic heterocycles. The second-order valence-electron chi connectivity index (χ2n) is 6.75. The number of amides is 4. The maximum Gasteiger partial charge on any atom is 0.333 e. The zero-order valence-corrected chi connectivity index (χ0v) is 14.6. The van der Waals surface area contributed by atoms with Gasteiger partial charge in [-0.2, -0.15) is 0 Å². The van der Waals surface area contributed by atoms with Crippen LogP contribution in [-0.4, -0.2) is 41.9 Å². The number of hydrogen-bond acceptors (Lipinski definition) is 4. The summed E-state index contributed by atoms with van der Waals surface area (Å²) in [4.78, 5) is 37.8. The zero-order chi connectivity index (χ0) is 18.0. The number of furan rings is 1. The van der Waals surface area contributed by atoms with Crippen molar-refractivity contribution in [2.45, 2.75) is 45.6 Å². The molecule has 3 rings (SSSR count). The number of aryl methyl sites for hydroxylation is 2. The molecule has 1 aliphatic carbocycles. The van der Waals surface area contributed by atoms with E-state index in [1.54, 1.807) is 19.9 Å². The van der Waals surface area contributed by atoms with Gasteiger partial charge >= 0.3 is 6.03 Å². The summed E-state index contributed by atoms with van der Waals surface area (Å²) in [6.45, 7) is 4.78. The average Bonchev–Trinajstić information content (AvgIpc) is 3.37. The van der Waals surface area contributed by atoms with Gasteiger partial charge in [0.05, 0.1) is 5.56 Å². The van der Waals surface area contributed by atoms with Crippen molar-refractivity contribution in [2.24, 2.45) is 5.92 Å². The number of carbonyl (C=O) groups excluding carboxylic acids is 3. The summed E-state index contributed by atoms with van der Waals surface area (Å²) < 4.78 is 5.29. The van der Waals surface area contributed by atoms with Crippen LogP contribution in [0.25, 0.3) is 0 Å². The Bertz CT molecular complexity index is 672. The van der Waals surface area contributed by atoms with E-state index in [9.17, 15) is 14.4 Å². The van der Waals surface area contributed by atoms with Crippen molar-refractivity contribution in [3.8, 4) is 0 Å². The van der Waals surface area contributed by atoms with E-state index in [1.165, 1.54) is 0 Å². The largest absolute Gasteiger partial charge is 0.466 e. The SMILES string of the molecule is Cc1cc(C(=O)NNC(=O)NC2CCN(C(=O)C3CC3)CC2)c(C)o1. The highest BCUT2D eigenvalue weighted by atomic mass is 16.3. The number of nitrogens with one attached hydrogen (secondary N) is 3. The summed E-state index contributed by atoms with van der Waals surface area (Å²) in [6, 6.07) is 1.16. The fraction of sp³-hybridized carbons (Fsp3) is 0.588. The minimum Gasteiger partial charge on any atom is -0.466 e. The van der Waals surface area contributed by atoms with E-state index in [0.29, 0.717) is 30.2 Å². The van der Waals surface area contributed by atoms with Gasteiger partial charge in [-0.05, 0) is 45.6 Å². The zero-order valence-electron chi connectivity index (χ0n) is 14.6. The number of rotatable bonds is 3. The Kier molecular flexibility index (Phi) is 4.96. The summed E-state index contributed by atoms with van der Waals surface area (Å²) in [7, 11) is 0. The second kappa shape index (κ2) is 7.16. The first kappa shape index (κ1) is 17.3. The number of nitrogens with zero attached hydrogens (tertiary/aromatic N) is 1. The Balaban J connectivity index is 1.39. The molecule has 8 nitrogen and oxygen atoms in total. The third-order valence-electron chi connectivity index (χ3n) is 4.64. The maximum absolute atomic E-state index is 12.0. The molecule has 0 bridgehead atoms. The van der Waals surface area contributed by atoms with Crippen molar-refractivity contribution in [3.05, 3.63) is 23.2 Å². The van der Waals surface area contributed by atoms with Crippen molar-refractivity contribution in [2.75, 3.05) is 13.1 Å². The van der Waals surface area contributed by atoms with Crippen LogP contribution < -0.4 is 16.2 Å². The van der Waals surface area contributed by atoms with Gasteiger partial charge in [-0.15, -0.1) is 0 Å². The summed E-state index contributed by atoms with van der Waals surface area (Å²) >= 11 is 0. The van der Waals surface area contributed by atoms with E-state index in [4.69, 9.17) is 4.42 Å². The van der Waals surface area contributed by atoms with Gasteiger partial charge in [-0.3, -0.25) is 15.0 Å². The number of urea groups is 1. The predicted molar refractivity (Wildman–Crippen MR) is 89.6 cm³/mol. The van der Waals surface area contributed by atoms with Crippen molar-refractivity contribution >= 4 is 17.8 Å². The first-order valence-corrected chi connectivity index (χ1v) is 8.66. The summed E-state index contributed by atoms with van der Waals surface area (Å²) in [5, 5.41) is 2.82. The van der Waals surface area contributed by atoms with Crippen LogP contribution in [0.4, 0.5) is 4.79 Å². The molecule has 8 heteroatoms. The van der Waals surface area contributed by atoms with Crippen LogP contribution in [0.5, 0.6) is 0 Å². The number of hydrazine groups is 1. The van der Waals surface area contributed by atoms with E-state index >= 15 is 0 Å². The first-order valence-electron chi connectivity index (χ1n) is 8.66. The number of hydrogen-bond donors (Lipinski definition) is 3. The third-order valence-corrected chi connectivity index (χ3v) is 4.64. The van der Waals surface area contributed by atoms with E-state index in [0.717, 1.165) is 25.7 Å². The smallest absolute Gasteiger partial charge is 0.333 e. The first-order chi connectivity index (χ1) is 11.9. The van der Waals surface area contributed by atoms with Crippen molar-refractivity contribution in [1.82, 2.24) is 21.1 Å². The van der Waals surface area contributed by atoms with Crippen LogP contribution in [0.1, 0.15) is 47.6 Å². The molecule has 2 fully saturated rings. The molecule has 0 radical (unpaired) electrons. The van der Waals surface area contributed by atoms with Gasteiger partial charge in [0, 0.05) is 25.0 Å². The minimum absolute atomic E-state index is 0.00180. The molecule has 1 aliphatic heterocycles. The van der Waals surface area contributed by atoms with E-state index in [1.807, 2.05) is 4.90 Å². The molecular formula is C17H24N4O4. The fourth-order valence-electron chi connectivity index (χ4n) is 3.09. The van der Waals surface area contributed by atoms with Gasteiger partial charge in [-0.1, -0.05) is 0 Å². The molecule has 0 unspecified atom stereocenters. The van der Waals surface area contributed by atoms with Gasteiger partial charge in [0.15, 0.2) is 0 Å². The predicted octanol–water partition coefficient (Wildman–Crippen LogP) is 1.24. The quantitative estimate of drug-likeness (QED) is 0.715. The van der Waals surface area contributed by atoms with Crippen molar-refractivity contribution < 1.29 is 18.8 Å². The third kappa shape index (κ3) is 4.32. The lowest BCUT2D eigenvalue weighted by Gasteiger charge is -2.32. The van der Waals surface area contributed by atoms with Gasteiger partial charge < -0.3 is 14.6 Å². The standard InChI is InChI=1S/C17H24N4O4/c1-10-9-14(11(2)25-10)15(22)19-20-17(24)18-13-5-7-21(8-6-13)16(23)12-3-4-12/h9,12-13H,3-8H2,1-2H3,(H,19,22)(H2,18,20,24). The maximum atomic E-state index is 12.0. The molecule has 4 amide bonds. The van der Waals surface area contributed by atoms with Gasteiger partial charge in [-0.25, -0.2) is 10.2 Å². The Morgan fingerprint density at radius 2 is 1.76 bits per heavy atom. The van der Waals surface area contributed by atoms with Gasteiger partial charge in [0.1, 0.15) is 11.5 Å². The molecule has 136 valence electrons. The molecule has 1 saturated heterocycles. The molecule has 0 spiro atoms. The Labute approximate surface area is 146 Å². The van der Waals surface area contributed by atoms with E-state index in [2.05, 4.69) is 16.2 Å². The van der Waals surface area contributed by atoms with Crippen molar-refractivity contribution in [1.29, 1.82) is 0 Å². The highest BCUT2D eigenvalue weighted by Crippen LogP contribution is 2.31. The molecular weight excluding hydrogens is 324 g/mol. The number of piperidine rings is 1. The summed E-state index contributed by atoms with van der Waals surface area (Å²) in [5.74, 6) is 1.21. The molecule has 2 aliphatic rings. The lowest BCUT2D eigenvalue weighted by molar-refractivity contribution is -0.133. The van der Waals surface area contributed by atoms with Crippen LogP contribution in [0.3, 0.4) is 0 Å². The molecule has 2 heterocycles. The van der Waals surface area contributed by atoms with Crippen molar-refractivity contribution in [3.63, 3.8) is 0 Å². The van der Waals surface area contributed by atoms with E-state index < -0.39 is 11.9 Å². The minimum atomic E-state index is -0.460. The molecule has 0 atom stereocenters. The normalized spacial score (nSPS) is 17.9. The van der Waals surface area contributed by atoms with Crippen LogP contribution in [0, 0.1) is 19.8 Å². The highest BCUT2D eigenvalue weighted by Gasteiger charge is 2.35. The lowest BCUT2D eigenvalue weighted by atomic mass is 10.0. The Morgan fingerprint density at radius 1 is 1.08 bits per heavy atom. The monoisotopic (exact) mass is 348 g/mol. The number of likely N-dealkylation sites (tertiary alicyclic amines) is 1. The Morgan fingerprint density at radius 3 is 2.32 bits per heavy atom. The topological polar surface area (TPSA) is 104 Å². The van der Waals surface area contributed by atoms with Crippen LogP contribution >= 0.6 is 0 Å². The van der Waals surface area contributed by atoms with Gasteiger partial charge in [0.2, 0.25) is 5.91 Å². The fourth-order valence-corrected chi connectivity index (χ4v) is 3.09. The summed E-state index contributed by atoms with van der Waals surface area (Å²) in [5.41, 5.74) is 5.12. The van der Waals surface area contributed by atoms with Crippen LogP contribution in [0.2, 0.25) is 0 Å². The molecule has 1 aromatic rings. The molecule has 1 saturated carbocycles. The van der Waals surface area contributed by atoms with Crippen LogP contribution in [-0.2, 0) is 4.79 Å². The lowest BCUT2D eigenvalue weighted by Crippen LogP contribution is -2.53. The van der Waals surface area contributed by atoms with Crippen LogP contribution in [0.15, 0.2) is 10.5 Å². The second-order valence-corrected chi connectivity index (χ2v) is 6.75. The number of carbonyl (C=O) groups is 3.